The first-order chi connectivity index (χ1) is 17.0. The SMILES string of the molecule is CCC(C)C(NC(=O)C(NC(=O)C(CO)NC(=O)C(N)Cc1c[nH]c2ccccc12)C(C)C)C(=O)O. The van der Waals surface area contributed by atoms with Crippen molar-refractivity contribution in [3.63, 3.8) is 0 Å². The van der Waals surface area contributed by atoms with Crippen molar-refractivity contribution in [1.82, 2.24) is 20.9 Å². The van der Waals surface area contributed by atoms with Crippen molar-refractivity contribution in [2.24, 2.45) is 17.6 Å². The van der Waals surface area contributed by atoms with Gasteiger partial charge in [-0.25, -0.2) is 4.79 Å². The van der Waals surface area contributed by atoms with Gasteiger partial charge in [0.2, 0.25) is 17.7 Å². The second kappa shape index (κ2) is 13.0. The number of carboxylic acids is 1. The fourth-order valence-electron chi connectivity index (χ4n) is 3.82. The molecule has 0 radical (unpaired) electrons. The highest BCUT2D eigenvalue weighted by molar-refractivity contribution is 5.94. The molecule has 11 nitrogen and oxygen atoms in total. The predicted octanol–water partition coefficient (Wildman–Crippen LogP) is 0.271. The molecule has 11 heteroatoms. The number of hydrogen-bond acceptors (Lipinski definition) is 6. The number of nitrogens with one attached hydrogen (secondary N) is 4. The number of hydrogen-bond donors (Lipinski definition) is 7. The molecule has 0 aliphatic heterocycles. The van der Waals surface area contributed by atoms with Gasteiger partial charge in [0.15, 0.2) is 0 Å². The smallest absolute Gasteiger partial charge is 0.326 e. The minimum Gasteiger partial charge on any atom is -0.480 e. The lowest BCUT2D eigenvalue weighted by Gasteiger charge is -2.27. The third kappa shape index (κ3) is 7.28. The standard InChI is InChI=1S/C25H37N5O6/c1-5-14(4)21(25(35)36)30-24(34)20(13(2)3)29-23(33)19(12-31)28-22(32)17(26)10-15-11-27-18-9-7-6-8-16(15)18/h6-9,11,13-14,17,19-21,27,31H,5,10,12,26H2,1-4H3,(H,28,32)(H,29,33)(H,30,34)(H,35,36). The normalized spacial score (nSPS) is 15.5. The van der Waals surface area contributed by atoms with E-state index in [1.165, 1.54) is 0 Å². The number of aromatic amines is 1. The van der Waals surface area contributed by atoms with Gasteiger partial charge in [-0.3, -0.25) is 14.4 Å². The monoisotopic (exact) mass is 503 g/mol. The van der Waals surface area contributed by atoms with E-state index < -0.39 is 54.5 Å². The first kappa shape index (κ1) is 28.8. The Bertz CT molecular complexity index is 1070. The van der Waals surface area contributed by atoms with Crippen LogP contribution in [0.2, 0.25) is 0 Å². The van der Waals surface area contributed by atoms with E-state index >= 15 is 0 Å². The number of aliphatic carboxylic acids is 1. The number of carbonyl (C=O) groups is 4. The van der Waals surface area contributed by atoms with Crippen LogP contribution >= 0.6 is 0 Å². The quantitative estimate of drug-likeness (QED) is 0.204. The van der Waals surface area contributed by atoms with Crippen LogP contribution in [0.5, 0.6) is 0 Å². The molecule has 0 aliphatic carbocycles. The summed E-state index contributed by atoms with van der Waals surface area (Å²) in [6, 6.07) is 3.05. The Kier molecular flexibility index (Phi) is 10.4. The number of aliphatic hydroxyl groups is 1. The zero-order valence-electron chi connectivity index (χ0n) is 21.1. The van der Waals surface area contributed by atoms with Crippen molar-refractivity contribution >= 4 is 34.6 Å². The molecule has 0 aliphatic rings. The van der Waals surface area contributed by atoms with Gasteiger partial charge >= 0.3 is 5.97 Å². The molecule has 0 spiro atoms. The summed E-state index contributed by atoms with van der Waals surface area (Å²) in [6.45, 7) is 6.18. The van der Waals surface area contributed by atoms with Crippen molar-refractivity contribution in [2.45, 2.75) is 64.7 Å². The maximum absolute atomic E-state index is 12.8. The van der Waals surface area contributed by atoms with Gasteiger partial charge in [-0.05, 0) is 29.9 Å². The molecular weight excluding hydrogens is 466 g/mol. The minimum atomic E-state index is -1.34. The Morgan fingerprint density at radius 3 is 2.19 bits per heavy atom. The Balaban J connectivity index is 2.03. The van der Waals surface area contributed by atoms with Crippen LogP contribution in [0.1, 0.15) is 39.7 Å². The highest BCUT2D eigenvalue weighted by Gasteiger charge is 2.33. The molecule has 0 bridgehead atoms. The van der Waals surface area contributed by atoms with E-state index in [1.54, 1.807) is 27.0 Å². The Morgan fingerprint density at radius 1 is 0.972 bits per heavy atom. The van der Waals surface area contributed by atoms with Crippen molar-refractivity contribution in [1.29, 1.82) is 0 Å². The zero-order valence-corrected chi connectivity index (χ0v) is 21.1. The van der Waals surface area contributed by atoms with Crippen LogP contribution < -0.4 is 21.7 Å². The van der Waals surface area contributed by atoms with E-state index in [0.29, 0.717) is 6.42 Å². The van der Waals surface area contributed by atoms with Crippen LogP contribution in [0.3, 0.4) is 0 Å². The number of nitrogens with two attached hydrogens (primary N) is 1. The molecule has 2 rings (SSSR count). The van der Waals surface area contributed by atoms with Crippen molar-refractivity contribution in [3.8, 4) is 0 Å². The van der Waals surface area contributed by atoms with Gasteiger partial charge in [0, 0.05) is 17.1 Å². The molecule has 0 saturated carbocycles. The van der Waals surface area contributed by atoms with Crippen LogP contribution in [-0.2, 0) is 25.6 Å². The topological polar surface area (TPSA) is 187 Å². The fraction of sp³-hybridized carbons (Fsp3) is 0.520. The molecule has 8 N–H and O–H groups in total. The van der Waals surface area contributed by atoms with Crippen LogP contribution in [0.4, 0.5) is 0 Å². The minimum absolute atomic E-state index is 0.207. The number of aromatic nitrogens is 1. The van der Waals surface area contributed by atoms with E-state index in [4.69, 9.17) is 5.73 Å². The molecule has 1 aromatic carbocycles. The van der Waals surface area contributed by atoms with E-state index in [2.05, 4.69) is 20.9 Å². The maximum atomic E-state index is 12.8. The van der Waals surface area contributed by atoms with Gasteiger partial charge in [0.1, 0.15) is 18.1 Å². The molecule has 0 fully saturated rings. The summed E-state index contributed by atoms with van der Waals surface area (Å²) in [5.74, 6) is -3.96. The highest BCUT2D eigenvalue weighted by Crippen LogP contribution is 2.18. The number of H-pyrrole nitrogens is 1. The Labute approximate surface area is 210 Å². The molecule has 1 aromatic heterocycles. The number of carbonyl (C=O) groups excluding carboxylic acids is 3. The summed E-state index contributed by atoms with van der Waals surface area (Å²) in [5, 5.41) is 27.6. The molecular formula is C25H37N5O6. The number of fused-ring (bicyclic) bond motifs is 1. The molecule has 5 unspecified atom stereocenters. The first-order valence-electron chi connectivity index (χ1n) is 12.0. The molecule has 1 heterocycles. The van der Waals surface area contributed by atoms with Crippen molar-refractivity contribution in [2.75, 3.05) is 6.61 Å². The predicted molar refractivity (Wildman–Crippen MR) is 135 cm³/mol. The molecule has 2 aromatic rings. The number of aliphatic hydroxyl groups excluding tert-OH is 1. The molecule has 198 valence electrons. The number of benzene rings is 1. The van der Waals surface area contributed by atoms with E-state index in [9.17, 15) is 29.4 Å². The molecule has 3 amide bonds. The van der Waals surface area contributed by atoms with Gasteiger partial charge in [-0.1, -0.05) is 52.3 Å². The largest absolute Gasteiger partial charge is 0.480 e. The first-order valence-corrected chi connectivity index (χ1v) is 12.0. The number of amides is 3. The van der Waals surface area contributed by atoms with Crippen LogP contribution in [-0.4, -0.2) is 69.7 Å². The van der Waals surface area contributed by atoms with Gasteiger partial charge in [-0.15, -0.1) is 0 Å². The number of para-hydroxylation sites is 1. The second-order valence-electron chi connectivity index (χ2n) is 9.35. The van der Waals surface area contributed by atoms with E-state index in [-0.39, 0.29) is 18.3 Å². The van der Waals surface area contributed by atoms with Crippen LogP contribution in [0.25, 0.3) is 10.9 Å². The summed E-state index contributed by atoms with van der Waals surface area (Å²) < 4.78 is 0. The molecule has 5 atom stereocenters. The lowest BCUT2D eigenvalue weighted by atomic mass is 9.97. The summed E-state index contributed by atoms with van der Waals surface area (Å²) in [4.78, 5) is 53.0. The lowest BCUT2D eigenvalue weighted by molar-refractivity contribution is -0.144. The average Bonchev–Trinajstić information content (AvgIpc) is 3.25. The summed E-state index contributed by atoms with van der Waals surface area (Å²) in [7, 11) is 0. The van der Waals surface area contributed by atoms with Gasteiger partial charge in [0.05, 0.1) is 12.6 Å². The highest BCUT2D eigenvalue weighted by atomic mass is 16.4. The van der Waals surface area contributed by atoms with Crippen LogP contribution in [0, 0.1) is 11.8 Å². The molecule has 36 heavy (non-hydrogen) atoms. The lowest BCUT2D eigenvalue weighted by Crippen LogP contribution is -2.59. The summed E-state index contributed by atoms with van der Waals surface area (Å²) in [6.07, 6.45) is 2.51. The van der Waals surface area contributed by atoms with Crippen LogP contribution in [0.15, 0.2) is 30.5 Å². The molecule has 0 saturated heterocycles. The van der Waals surface area contributed by atoms with Gasteiger partial charge < -0.3 is 36.9 Å². The zero-order chi connectivity index (χ0) is 27.0. The Hall–Kier alpha value is -3.44. The van der Waals surface area contributed by atoms with Gasteiger partial charge in [-0.2, -0.15) is 0 Å². The average molecular weight is 504 g/mol. The number of rotatable bonds is 13. The fourth-order valence-corrected chi connectivity index (χ4v) is 3.82. The van der Waals surface area contributed by atoms with Crippen molar-refractivity contribution < 1.29 is 29.4 Å². The third-order valence-electron chi connectivity index (χ3n) is 6.29. The van der Waals surface area contributed by atoms with Crippen molar-refractivity contribution in [3.05, 3.63) is 36.0 Å². The van der Waals surface area contributed by atoms with Gasteiger partial charge in [0.25, 0.3) is 0 Å². The Morgan fingerprint density at radius 2 is 1.61 bits per heavy atom. The maximum Gasteiger partial charge on any atom is 0.326 e. The van der Waals surface area contributed by atoms with E-state index in [0.717, 1.165) is 16.5 Å². The summed E-state index contributed by atoms with van der Waals surface area (Å²) >= 11 is 0. The summed E-state index contributed by atoms with van der Waals surface area (Å²) in [5.41, 5.74) is 7.81. The second-order valence-corrected chi connectivity index (χ2v) is 9.35. The third-order valence-corrected chi connectivity index (χ3v) is 6.29. The van der Waals surface area contributed by atoms with E-state index in [1.807, 2.05) is 31.2 Å². The number of carboxylic acid groups (broad SMARTS) is 1.